The fourth-order valence-corrected chi connectivity index (χ4v) is 13.5. The molecule has 7 amide bonds. The van der Waals surface area contributed by atoms with E-state index < -0.39 is 381 Å². The maximum Gasteiger partial charge on any atom is 0.303 e. The summed E-state index contributed by atoms with van der Waals surface area (Å²) in [5.41, 5.74) is 6.48. The molecule has 45 heteroatoms. The van der Waals surface area contributed by atoms with Crippen LogP contribution in [0.5, 0.6) is 0 Å². The van der Waals surface area contributed by atoms with Crippen LogP contribution in [0, 0.1) is 29.6 Å². The maximum atomic E-state index is 14.6. The van der Waals surface area contributed by atoms with Crippen molar-refractivity contribution < 1.29 is 181 Å². The van der Waals surface area contributed by atoms with Crippen LogP contribution in [-0.4, -0.2) is 277 Å². The normalized spacial score (nSPS) is 15.1. The molecular weight excluding hydrogens is 1680 g/mol. The molecule has 0 spiro atoms. The number of benzene rings is 1. The Labute approximate surface area is 720 Å². The standard InChI is InChI=1S/C81H112N8O37/c1-42-5-3-33-89(42)64(97)41-126-34-4-6-58(91)57(35-44-7-9-45(10-8-44)43(2)90)88-80(124)50(15-26-69(106)107)40-62(95)55(20-31-74(116)117)86-78(122)48(13-24-67(102)103)38-60(93)53(18-29-72(112)113)84-76(120)46(11-22-65(98)99)36-59(92)52(17-28-71(110)111)83-77(121)47(12-23-66(100)101)37-61(94)54(19-30-73(114)115)85-79(123)49(14-25-68(104)105)39-63(96)56(21-32-75(118)119)87-81(125)51(82)16-27-70(108)109/h7-10,42,46-57H,3-6,11-41,82H2,1-2H3,(H,83,121)(H,84,120)(H,85,123)(H,86,122)(H,87,125)(H,88,124)(H,98,99)(H,100,101)(H,102,103)(H,104,105)(H,106,107)(H,108,109)(H,110,111)(H,112,113)(H,114,115)(H,116,117)(H,118,119)/t42-,46+,47+,48+,49+,50+,51-,52-,53-,54-,55-,56-,57+/m1/s1. The number of ether oxygens (including phenoxy) is 1. The first-order chi connectivity index (χ1) is 59.1. The number of ketones is 7. The number of carboxylic acids is 11. The third-order valence-electron chi connectivity index (χ3n) is 20.7. The van der Waals surface area contributed by atoms with Gasteiger partial charge in [0.1, 0.15) is 6.61 Å². The van der Waals surface area contributed by atoms with E-state index in [0.29, 0.717) is 17.7 Å². The molecule has 0 radical (unpaired) electrons. The minimum Gasteiger partial charge on any atom is -0.481 e. The molecule has 1 aliphatic rings. The average Bonchev–Trinajstić information content (AvgIpc) is 1.13. The van der Waals surface area contributed by atoms with E-state index >= 15 is 0 Å². The predicted molar refractivity (Wildman–Crippen MR) is 426 cm³/mol. The lowest BCUT2D eigenvalue weighted by Gasteiger charge is -2.27. The molecule has 2 rings (SSSR count). The highest BCUT2D eigenvalue weighted by molar-refractivity contribution is 6.01. The Morgan fingerprint density at radius 2 is 0.603 bits per heavy atom. The number of rotatable bonds is 70. The molecule has 45 nitrogen and oxygen atoms in total. The van der Waals surface area contributed by atoms with Crippen molar-refractivity contribution in [2.75, 3.05) is 19.8 Å². The quantitative estimate of drug-likeness (QED) is 0.0311. The van der Waals surface area contributed by atoms with Crippen LogP contribution in [0.4, 0.5) is 0 Å². The molecule has 1 aliphatic heterocycles. The first-order valence-electron chi connectivity index (χ1n) is 40.7. The molecule has 126 heavy (non-hydrogen) atoms. The molecule has 0 aromatic heterocycles. The van der Waals surface area contributed by atoms with Crippen molar-refractivity contribution in [3.8, 4) is 0 Å². The van der Waals surface area contributed by atoms with Crippen LogP contribution in [0.15, 0.2) is 24.3 Å². The molecule has 698 valence electrons. The van der Waals surface area contributed by atoms with Crippen molar-refractivity contribution in [3.05, 3.63) is 35.4 Å². The van der Waals surface area contributed by atoms with Gasteiger partial charge in [0.05, 0.1) is 42.3 Å². The summed E-state index contributed by atoms with van der Waals surface area (Å²) in [7, 11) is 0. The summed E-state index contributed by atoms with van der Waals surface area (Å²) in [5, 5.41) is 120. The van der Waals surface area contributed by atoms with Crippen molar-refractivity contribution in [1.82, 2.24) is 36.8 Å². The Balaban J connectivity index is 2.64. The second-order valence-corrected chi connectivity index (χ2v) is 30.7. The summed E-state index contributed by atoms with van der Waals surface area (Å²) in [6.45, 7) is 3.39. The molecular formula is C81H112N8O37. The van der Waals surface area contributed by atoms with Gasteiger partial charge in [-0.3, -0.25) is 120 Å². The van der Waals surface area contributed by atoms with Gasteiger partial charge in [-0.25, -0.2) is 0 Å². The zero-order chi connectivity index (χ0) is 95.2. The number of aliphatic carboxylic acids is 11. The predicted octanol–water partition coefficient (Wildman–Crippen LogP) is 0.434. The highest BCUT2D eigenvalue weighted by atomic mass is 16.5. The molecule has 13 atom stereocenters. The van der Waals surface area contributed by atoms with E-state index in [9.17, 15) is 171 Å². The molecule has 1 aromatic carbocycles. The van der Waals surface area contributed by atoms with Crippen LogP contribution in [0.3, 0.4) is 0 Å². The van der Waals surface area contributed by atoms with Gasteiger partial charge in [0.15, 0.2) is 40.5 Å². The molecule has 1 heterocycles. The van der Waals surface area contributed by atoms with E-state index in [1.165, 1.54) is 31.2 Å². The summed E-state index contributed by atoms with van der Waals surface area (Å²) in [4.78, 5) is 328. The number of hydrogen-bond donors (Lipinski definition) is 18. The largest absolute Gasteiger partial charge is 0.481 e. The first kappa shape index (κ1) is 109. The molecule has 0 aliphatic carbocycles. The van der Waals surface area contributed by atoms with Gasteiger partial charge in [0.25, 0.3) is 0 Å². The Morgan fingerprint density at radius 1 is 0.349 bits per heavy atom. The smallest absolute Gasteiger partial charge is 0.303 e. The zero-order valence-electron chi connectivity index (χ0n) is 69.6. The Kier molecular flexibility index (Phi) is 49.4. The lowest BCUT2D eigenvalue weighted by Crippen LogP contribution is -2.50. The number of Topliss-reactive ketones (excluding diaryl/α,β-unsaturated/α-hetero) is 7. The van der Waals surface area contributed by atoms with Gasteiger partial charge in [-0.2, -0.15) is 0 Å². The van der Waals surface area contributed by atoms with Gasteiger partial charge in [-0.1, -0.05) is 24.3 Å². The molecule has 1 fully saturated rings. The molecule has 0 bridgehead atoms. The number of carbonyl (C=O) groups is 25. The zero-order valence-corrected chi connectivity index (χ0v) is 69.6. The van der Waals surface area contributed by atoms with Gasteiger partial charge in [-0.15, -0.1) is 0 Å². The van der Waals surface area contributed by atoms with Crippen molar-refractivity contribution in [3.63, 3.8) is 0 Å². The van der Waals surface area contributed by atoms with Crippen molar-refractivity contribution >= 4 is 147 Å². The van der Waals surface area contributed by atoms with E-state index in [2.05, 4.69) is 31.9 Å². The minimum absolute atomic E-state index is 0.00561. The van der Waals surface area contributed by atoms with Crippen molar-refractivity contribution in [2.45, 2.75) is 268 Å². The van der Waals surface area contributed by atoms with Crippen LogP contribution >= 0.6 is 0 Å². The molecule has 0 saturated carbocycles. The summed E-state index contributed by atoms with van der Waals surface area (Å²) >= 11 is 0. The summed E-state index contributed by atoms with van der Waals surface area (Å²) in [6.07, 6.45) is -22.5. The minimum atomic E-state index is -2.08. The third-order valence-corrected chi connectivity index (χ3v) is 20.7. The number of nitrogens with zero attached hydrogens (tertiary/aromatic N) is 1. The lowest BCUT2D eigenvalue weighted by molar-refractivity contribution is -0.141. The fraction of sp³-hybridized carbons (Fsp3) is 0.617. The van der Waals surface area contributed by atoms with Gasteiger partial charge >= 0.3 is 65.7 Å². The second kappa shape index (κ2) is 56.9. The molecule has 0 unspecified atom stereocenters. The van der Waals surface area contributed by atoms with E-state index in [1.54, 1.807) is 4.90 Å². The van der Waals surface area contributed by atoms with Gasteiger partial charge in [0.2, 0.25) is 41.4 Å². The highest BCUT2D eigenvalue weighted by Crippen LogP contribution is 2.26. The van der Waals surface area contributed by atoms with Gasteiger partial charge in [0, 0.05) is 164 Å². The maximum absolute atomic E-state index is 14.6. The Bertz CT molecular complexity index is 4110. The third kappa shape index (κ3) is 44.6. The molecule has 19 N–H and O–H groups in total. The number of carbonyl (C=O) groups excluding carboxylic acids is 14. The van der Waals surface area contributed by atoms with Crippen LogP contribution in [0.2, 0.25) is 0 Å². The molecule has 1 saturated heterocycles. The number of amides is 7. The van der Waals surface area contributed by atoms with E-state index in [0.717, 1.165) is 12.8 Å². The SMILES string of the molecule is CC(=O)c1ccc(C[C@H](NC(=O)[C@@H](CCC(=O)O)CC(=O)[C@@H](CCC(=O)O)NC(=O)[C@@H](CCC(=O)O)CC(=O)[C@@H](CCC(=O)O)NC(=O)[C@@H](CCC(=O)O)CC(=O)[C@@H](CCC(=O)O)NC(=O)[C@@H](CCC(=O)O)CC(=O)[C@@H](CCC(=O)O)NC(=O)[C@@H](CCC(=O)O)CC(=O)[C@@H](CCC(=O)O)NC(=O)[C@H](N)CCC(=O)O)C(=O)CCCOCC(=O)N2CCC[C@H]2C)cc1. The summed E-state index contributed by atoms with van der Waals surface area (Å²) in [6, 6.07) is -6.91. The van der Waals surface area contributed by atoms with Crippen LogP contribution in [-0.2, 0) is 126 Å². The Hall–Kier alpha value is -12.7. The fourth-order valence-electron chi connectivity index (χ4n) is 13.5. The Morgan fingerprint density at radius 3 is 0.857 bits per heavy atom. The topological polar surface area (TPSA) is 760 Å². The highest BCUT2D eigenvalue weighted by Gasteiger charge is 2.40. The van der Waals surface area contributed by atoms with Gasteiger partial charge in [-0.05, 0) is 116 Å². The summed E-state index contributed by atoms with van der Waals surface area (Å²) in [5.74, 6) is -41.4. The second-order valence-electron chi connectivity index (χ2n) is 30.7. The van der Waals surface area contributed by atoms with E-state index in [-0.39, 0.29) is 50.2 Å². The monoisotopic (exact) mass is 1790 g/mol. The number of nitrogens with two attached hydrogens (primary N) is 1. The van der Waals surface area contributed by atoms with Crippen molar-refractivity contribution in [2.24, 2.45) is 35.3 Å². The number of carboxylic acid groups (broad SMARTS) is 11. The average molecular weight is 1790 g/mol. The van der Waals surface area contributed by atoms with E-state index in [4.69, 9.17) is 15.6 Å². The lowest BCUT2D eigenvalue weighted by atomic mass is 9.88. The molecule has 1 aromatic rings. The number of hydrogen-bond acceptors (Lipinski definition) is 27. The van der Waals surface area contributed by atoms with Gasteiger partial charge < -0.3 is 103 Å². The van der Waals surface area contributed by atoms with Crippen LogP contribution in [0.1, 0.15) is 229 Å². The summed E-state index contributed by atoms with van der Waals surface area (Å²) < 4.78 is 5.56. The van der Waals surface area contributed by atoms with Crippen LogP contribution in [0.25, 0.3) is 0 Å². The van der Waals surface area contributed by atoms with Crippen molar-refractivity contribution in [1.29, 1.82) is 0 Å². The van der Waals surface area contributed by atoms with E-state index in [1.807, 2.05) is 6.92 Å². The number of nitrogens with one attached hydrogen (secondary N) is 6. The van der Waals surface area contributed by atoms with Crippen LogP contribution < -0.4 is 37.6 Å². The number of likely N-dealkylation sites (tertiary alicyclic amines) is 1. The first-order valence-corrected chi connectivity index (χ1v) is 40.7.